The molecule has 1 aromatic carbocycles. The Morgan fingerprint density at radius 1 is 1.15 bits per heavy atom. The van der Waals surface area contributed by atoms with E-state index in [-0.39, 0.29) is 42.2 Å². The van der Waals surface area contributed by atoms with Crippen LogP contribution in [0.1, 0.15) is 38.5 Å². The largest absolute Gasteiger partial charge is 0.573 e. The number of halogens is 3. The van der Waals surface area contributed by atoms with Crippen molar-refractivity contribution in [2.24, 2.45) is 5.41 Å². The lowest BCUT2D eigenvalue weighted by atomic mass is 9.90. The third kappa shape index (κ3) is 6.14. The number of aliphatic hydroxyl groups is 2. The average Bonchev–Trinajstić information content (AvgIpc) is 3.58. The fourth-order valence-corrected chi connectivity index (χ4v) is 5.28. The highest BCUT2D eigenvalue weighted by Gasteiger charge is 2.51. The molecule has 1 unspecified atom stereocenters. The highest BCUT2D eigenvalue weighted by molar-refractivity contribution is 5.78. The zero-order chi connectivity index (χ0) is 24.3. The van der Waals surface area contributed by atoms with E-state index in [1.165, 1.54) is 18.2 Å². The van der Waals surface area contributed by atoms with Crippen molar-refractivity contribution in [1.82, 2.24) is 9.80 Å². The normalized spacial score (nSPS) is 24.3. The van der Waals surface area contributed by atoms with Crippen LogP contribution >= 0.6 is 0 Å². The maximum Gasteiger partial charge on any atom is 0.573 e. The molecule has 7 nitrogen and oxygen atoms in total. The Bertz CT molecular complexity index is 849. The molecule has 190 valence electrons. The predicted octanol–water partition coefficient (Wildman–Crippen LogP) is 2.61. The second-order valence-corrected chi connectivity index (χ2v) is 9.78. The Kier molecular flexibility index (Phi) is 7.59. The van der Waals surface area contributed by atoms with Crippen LogP contribution in [0.4, 0.5) is 18.9 Å². The Hall–Kier alpha value is -2.04. The van der Waals surface area contributed by atoms with Crippen LogP contribution in [0, 0.1) is 5.41 Å². The first-order valence-electron chi connectivity index (χ1n) is 12.1. The molecule has 0 radical (unpaired) electrons. The number of carbonyl (C=O) groups excluding carboxylic acids is 1. The summed E-state index contributed by atoms with van der Waals surface area (Å²) >= 11 is 0. The first-order valence-corrected chi connectivity index (χ1v) is 12.1. The number of aliphatic hydroxyl groups excluding tert-OH is 2. The lowest BCUT2D eigenvalue weighted by Gasteiger charge is -2.37. The third-order valence-electron chi connectivity index (χ3n) is 7.56. The van der Waals surface area contributed by atoms with Gasteiger partial charge in [-0.25, -0.2) is 0 Å². The van der Waals surface area contributed by atoms with Crippen molar-refractivity contribution < 1.29 is 32.9 Å². The fourth-order valence-electron chi connectivity index (χ4n) is 5.28. The minimum absolute atomic E-state index is 0.0617. The molecule has 1 saturated carbocycles. The zero-order valence-corrected chi connectivity index (χ0v) is 19.3. The van der Waals surface area contributed by atoms with E-state index < -0.39 is 6.36 Å². The van der Waals surface area contributed by atoms with Gasteiger partial charge in [-0.1, -0.05) is 6.07 Å². The monoisotopic (exact) mass is 485 g/mol. The Labute approximate surface area is 198 Å². The van der Waals surface area contributed by atoms with Crippen LogP contribution in [0.5, 0.6) is 5.75 Å². The first-order chi connectivity index (χ1) is 16.2. The molecule has 34 heavy (non-hydrogen) atoms. The number of benzene rings is 1. The molecule has 1 spiro atoms. The number of rotatable bonds is 8. The number of piperidine rings is 1. The molecule has 2 aliphatic heterocycles. The minimum atomic E-state index is -4.76. The number of nitrogens with zero attached hydrogens (tertiary/aromatic N) is 3. The number of amides is 1. The van der Waals surface area contributed by atoms with Gasteiger partial charge in [0.25, 0.3) is 0 Å². The molecule has 2 heterocycles. The van der Waals surface area contributed by atoms with Crippen molar-refractivity contribution in [3.63, 3.8) is 0 Å². The van der Waals surface area contributed by atoms with Crippen LogP contribution in [0.15, 0.2) is 24.3 Å². The molecule has 3 fully saturated rings. The van der Waals surface area contributed by atoms with Gasteiger partial charge in [0.15, 0.2) is 0 Å². The van der Waals surface area contributed by atoms with Crippen LogP contribution in [0.3, 0.4) is 0 Å². The van der Waals surface area contributed by atoms with E-state index in [4.69, 9.17) is 0 Å². The van der Waals surface area contributed by atoms with E-state index in [0.29, 0.717) is 38.3 Å². The number of hydrogen-bond donors (Lipinski definition) is 2. The quantitative estimate of drug-likeness (QED) is 0.590. The zero-order valence-electron chi connectivity index (χ0n) is 19.3. The third-order valence-corrected chi connectivity index (χ3v) is 7.56. The van der Waals surface area contributed by atoms with Crippen molar-refractivity contribution in [2.45, 2.75) is 57.0 Å². The summed E-state index contributed by atoms with van der Waals surface area (Å²) in [6, 6.07) is 5.48. The van der Waals surface area contributed by atoms with Gasteiger partial charge in [-0.3, -0.25) is 4.79 Å². The van der Waals surface area contributed by atoms with Gasteiger partial charge >= 0.3 is 6.36 Å². The summed E-state index contributed by atoms with van der Waals surface area (Å²) in [5.41, 5.74) is 0.737. The summed E-state index contributed by atoms with van der Waals surface area (Å²) in [6.07, 6.45) is -0.0268. The molecular formula is C24H34F3N3O4. The van der Waals surface area contributed by atoms with Gasteiger partial charge in [-0.2, -0.15) is 0 Å². The summed E-state index contributed by atoms with van der Waals surface area (Å²) in [6.45, 7) is 3.60. The van der Waals surface area contributed by atoms with Crippen molar-refractivity contribution >= 4 is 11.6 Å². The second-order valence-electron chi connectivity index (χ2n) is 9.78. The molecule has 2 N–H and O–H groups in total. The van der Waals surface area contributed by atoms with E-state index in [1.807, 2.05) is 4.90 Å². The molecule has 0 aromatic heterocycles. The van der Waals surface area contributed by atoms with Crippen molar-refractivity contribution in [1.29, 1.82) is 0 Å². The molecule has 2 saturated heterocycles. The second kappa shape index (κ2) is 10.3. The molecule has 1 aromatic rings. The topological polar surface area (TPSA) is 76.5 Å². The number of ether oxygens (including phenoxy) is 1. The summed E-state index contributed by atoms with van der Waals surface area (Å²) in [5, 5.41) is 20.4. The summed E-state index contributed by atoms with van der Waals surface area (Å²) in [4.78, 5) is 18.7. The Morgan fingerprint density at radius 2 is 1.94 bits per heavy atom. The standard InChI is InChI=1S/C24H34F3N3O4/c25-24(26,27)34-20-5-1-3-18(15-20)29-11-6-22(33)30(14-13-29)19(17-31)4-2-10-28-12-9-23(7-8-23)21(32)16-28/h1,3,5,15,19,21,31-32H,2,4,6-14,16-17H2/t19-,21?/m0/s1. The lowest BCUT2D eigenvalue weighted by molar-refractivity contribution is -0.274. The van der Waals surface area contributed by atoms with Crippen LogP contribution < -0.4 is 9.64 Å². The molecule has 1 aliphatic carbocycles. The van der Waals surface area contributed by atoms with Gasteiger partial charge in [0, 0.05) is 44.4 Å². The molecule has 0 bridgehead atoms. The van der Waals surface area contributed by atoms with Crippen molar-refractivity contribution in [3.05, 3.63) is 24.3 Å². The minimum Gasteiger partial charge on any atom is -0.406 e. The van der Waals surface area contributed by atoms with E-state index in [1.54, 1.807) is 11.0 Å². The van der Waals surface area contributed by atoms with E-state index in [0.717, 1.165) is 38.8 Å². The molecule has 4 rings (SSSR count). The van der Waals surface area contributed by atoms with Crippen LogP contribution in [-0.4, -0.2) is 90.3 Å². The maximum atomic E-state index is 12.8. The summed E-state index contributed by atoms with van der Waals surface area (Å²) in [7, 11) is 0. The number of likely N-dealkylation sites (tertiary alicyclic amines) is 1. The van der Waals surface area contributed by atoms with Crippen molar-refractivity contribution in [3.8, 4) is 5.75 Å². The molecule has 2 atom stereocenters. The number of β-amino-alcohol motifs (C(OH)–C–C–N with tert-alkyl or cyclic N) is 1. The number of alkyl halides is 3. The molecule has 10 heteroatoms. The number of hydrogen-bond acceptors (Lipinski definition) is 6. The average molecular weight is 486 g/mol. The van der Waals surface area contributed by atoms with E-state index in [9.17, 15) is 28.2 Å². The van der Waals surface area contributed by atoms with E-state index in [2.05, 4.69) is 9.64 Å². The van der Waals surface area contributed by atoms with Crippen LogP contribution in [-0.2, 0) is 4.79 Å². The molecular weight excluding hydrogens is 451 g/mol. The summed E-state index contributed by atoms with van der Waals surface area (Å²) in [5.74, 6) is -0.352. The fraction of sp³-hybridized carbons (Fsp3) is 0.708. The van der Waals surface area contributed by atoms with Gasteiger partial charge in [-0.05, 0) is 62.7 Å². The lowest BCUT2D eigenvalue weighted by Crippen LogP contribution is -2.46. The smallest absolute Gasteiger partial charge is 0.406 e. The maximum absolute atomic E-state index is 12.8. The van der Waals surface area contributed by atoms with Gasteiger partial charge < -0.3 is 29.6 Å². The van der Waals surface area contributed by atoms with Gasteiger partial charge in [0.05, 0.1) is 18.8 Å². The highest BCUT2D eigenvalue weighted by Crippen LogP contribution is 2.53. The first kappa shape index (κ1) is 25.1. The summed E-state index contributed by atoms with van der Waals surface area (Å²) < 4.78 is 41.7. The van der Waals surface area contributed by atoms with Gasteiger partial charge in [-0.15, -0.1) is 13.2 Å². The Balaban J connectivity index is 1.29. The number of anilines is 1. The van der Waals surface area contributed by atoms with Gasteiger partial charge in [0.2, 0.25) is 5.91 Å². The van der Waals surface area contributed by atoms with Crippen molar-refractivity contribution in [2.75, 3.05) is 50.8 Å². The van der Waals surface area contributed by atoms with Crippen LogP contribution in [0.25, 0.3) is 0 Å². The van der Waals surface area contributed by atoms with Gasteiger partial charge in [0.1, 0.15) is 5.75 Å². The predicted molar refractivity (Wildman–Crippen MR) is 121 cm³/mol. The molecule has 3 aliphatic rings. The van der Waals surface area contributed by atoms with E-state index >= 15 is 0 Å². The SMILES string of the molecule is O=C1CCN(c2cccc(OC(F)(F)F)c2)CCN1[C@H](CO)CCCN1CCC2(CC2)C(O)C1. The van der Waals surface area contributed by atoms with Crippen LogP contribution in [0.2, 0.25) is 0 Å². The Morgan fingerprint density at radius 3 is 2.62 bits per heavy atom. The molecule has 1 amide bonds. The number of carbonyl (C=O) groups is 1. The highest BCUT2D eigenvalue weighted by atomic mass is 19.4.